The Balaban J connectivity index is 1.74. The van der Waals surface area contributed by atoms with E-state index >= 15 is 0 Å². The molecule has 0 aliphatic carbocycles. The van der Waals surface area contributed by atoms with E-state index in [1.54, 1.807) is 0 Å². The molecule has 0 radical (unpaired) electrons. The lowest BCUT2D eigenvalue weighted by Crippen LogP contribution is -2.48. The van der Waals surface area contributed by atoms with E-state index in [9.17, 15) is 4.79 Å². The Morgan fingerprint density at radius 3 is 2.41 bits per heavy atom. The number of aromatic nitrogens is 2. The van der Waals surface area contributed by atoms with Gasteiger partial charge in [-0.1, -0.05) is 42.5 Å². The van der Waals surface area contributed by atoms with Gasteiger partial charge in [0.1, 0.15) is 0 Å². The molecular weight excluding hydrogens is 360 g/mol. The highest BCUT2D eigenvalue weighted by atomic mass is 16.1. The van der Waals surface area contributed by atoms with Crippen molar-refractivity contribution in [1.29, 1.82) is 0 Å². The van der Waals surface area contributed by atoms with Gasteiger partial charge < -0.3 is 0 Å². The molecule has 150 valence electrons. The second kappa shape index (κ2) is 7.84. The summed E-state index contributed by atoms with van der Waals surface area (Å²) in [5.41, 5.74) is 6.44. The van der Waals surface area contributed by atoms with E-state index in [2.05, 4.69) is 66.1 Å². The van der Waals surface area contributed by atoms with Crippen LogP contribution in [0.5, 0.6) is 0 Å². The summed E-state index contributed by atoms with van der Waals surface area (Å²) in [6.45, 7) is 10.2. The summed E-state index contributed by atoms with van der Waals surface area (Å²) in [5, 5.41) is 0. The zero-order valence-electron chi connectivity index (χ0n) is 17.6. The summed E-state index contributed by atoms with van der Waals surface area (Å²) in [6, 6.07) is 16.8. The van der Waals surface area contributed by atoms with Crippen molar-refractivity contribution in [2.75, 3.05) is 18.1 Å². The molecule has 0 amide bonds. The predicted molar refractivity (Wildman–Crippen MR) is 118 cm³/mol. The van der Waals surface area contributed by atoms with Crippen LogP contribution in [0.2, 0.25) is 0 Å². The molecule has 0 saturated heterocycles. The van der Waals surface area contributed by atoms with Crippen LogP contribution in [0.25, 0.3) is 0 Å². The fourth-order valence-corrected chi connectivity index (χ4v) is 3.87. The van der Waals surface area contributed by atoms with Gasteiger partial charge in [-0.3, -0.25) is 19.2 Å². The number of nitrogens with zero attached hydrogens (tertiary/aromatic N) is 4. The van der Waals surface area contributed by atoms with Crippen LogP contribution >= 0.6 is 0 Å². The zero-order valence-corrected chi connectivity index (χ0v) is 17.6. The van der Waals surface area contributed by atoms with Crippen molar-refractivity contribution in [2.45, 2.75) is 40.8 Å². The average molecular weight is 389 g/mol. The Hall–Kier alpha value is -2.92. The van der Waals surface area contributed by atoms with Crippen molar-refractivity contribution in [2.24, 2.45) is 0 Å². The molecule has 1 aliphatic heterocycles. The van der Waals surface area contributed by atoms with Gasteiger partial charge >= 0.3 is 0 Å². The minimum absolute atomic E-state index is 0.0483. The molecule has 0 N–H and O–H groups in total. The Labute approximate surface area is 172 Å². The Bertz CT molecular complexity index is 1090. The molecule has 0 bridgehead atoms. The van der Waals surface area contributed by atoms with E-state index in [4.69, 9.17) is 4.98 Å². The summed E-state index contributed by atoms with van der Waals surface area (Å²) in [4.78, 5) is 22.4. The summed E-state index contributed by atoms with van der Waals surface area (Å²) in [5.74, 6) is 0.739. The fraction of sp³-hybridized carbons (Fsp3) is 0.333. The maximum Gasteiger partial charge on any atom is 0.259 e. The number of fused-ring (bicyclic) bond motifs is 1. The smallest absolute Gasteiger partial charge is 0.259 e. The van der Waals surface area contributed by atoms with Crippen LogP contribution < -0.4 is 10.5 Å². The Morgan fingerprint density at radius 2 is 1.66 bits per heavy atom. The molecule has 0 unspecified atom stereocenters. The third-order valence-electron chi connectivity index (χ3n) is 5.97. The number of aryl methyl sites for hydroxylation is 2. The molecule has 0 fully saturated rings. The van der Waals surface area contributed by atoms with Gasteiger partial charge in [0.05, 0.1) is 13.3 Å². The molecule has 0 spiro atoms. The van der Waals surface area contributed by atoms with Crippen LogP contribution in [0.4, 0.5) is 11.6 Å². The first-order valence-corrected chi connectivity index (χ1v) is 10.1. The van der Waals surface area contributed by atoms with Crippen LogP contribution in [0, 0.1) is 27.7 Å². The fourth-order valence-electron chi connectivity index (χ4n) is 3.87. The second-order valence-corrected chi connectivity index (χ2v) is 7.92. The summed E-state index contributed by atoms with van der Waals surface area (Å²) in [6.07, 6.45) is 0.948. The molecule has 1 aromatic heterocycles. The molecule has 1 aliphatic rings. The van der Waals surface area contributed by atoms with Crippen molar-refractivity contribution < 1.29 is 0 Å². The van der Waals surface area contributed by atoms with Crippen LogP contribution in [0.15, 0.2) is 53.3 Å². The van der Waals surface area contributed by atoms with Crippen molar-refractivity contribution in [3.8, 4) is 0 Å². The van der Waals surface area contributed by atoms with E-state index in [0.29, 0.717) is 13.3 Å². The lowest BCUT2D eigenvalue weighted by Gasteiger charge is -2.39. The lowest BCUT2D eigenvalue weighted by atomic mass is 10.1. The largest absolute Gasteiger partial charge is 0.298 e. The second-order valence-electron chi connectivity index (χ2n) is 7.92. The Kier molecular flexibility index (Phi) is 5.24. The maximum absolute atomic E-state index is 13.1. The number of benzene rings is 2. The molecule has 29 heavy (non-hydrogen) atoms. The highest BCUT2D eigenvalue weighted by Gasteiger charge is 2.28. The van der Waals surface area contributed by atoms with Gasteiger partial charge in [0, 0.05) is 23.5 Å². The Morgan fingerprint density at radius 1 is 0.897 bits per heavy atom. The van der Waals surface area contributed by atoms with Crippen molar-refractivity contribution in [3.05, 3.63) is 86.8 Å². The van der Waals surface area contributed by atoms with Crippen LogP contribution in [-0.4, -0.2) is 27.7 Å². The molecule has 4 rings (SSSR count). The highest BCUT2D eigenvalue weighted by molar-refractivity contribution is 5.64. The minimum atomic E-state index is 0.0483. The highest BCUT2D eigenvalue weighted by Crippen LogP contribution is 2.31. The SMILES string of the molecule is Cc1cccc(N2CN(CCc3ccccc3)Cn3c2nc(C)c(C)c3=O)c1C. The molecule has 5 nitrogen and oxygen atoms in total. The predicted octanol–water partition coefficient (Wildman–Crippen LogP) is 4.09. The number of rotatable bonds is 4. The van der Waals surface area contributed by atoms with Gasteiger partial charge in [-0.25, -0.2) is 4.98 Å². The van der Waals surface area contributed by atoms with Crippen LogP contribution in [-0.2, 0) is 13.1 Å². The van der Waals surface area contributed by atoms with Crippen LogP contribution in [0.3, 0.4) is 0 Å². The van der Waals surface area contributed by atoms with Crippen molar-refractivity contribution in [3.63, 3.8) is 0 Å². The molecule has 0 saturated carbocycles. The van der Waals surface area contributed by atoms with E-state index in [1.807, 2.05) is 24.5 Å². The number of hydrogen-bond donors (Lipinski definition) is 0. The minimum Gasteiger partial charge on any atom is -0.298 e. The molecule has 2 heterocycles. The monoisotopic (exact) mass is 388 g/mol. The first-order chi connectivity index (χ1) is 14.0. The molecule has 2 aromatic carbocycles. The van der Waals surface area contributed by atoms with E-state index in [1.165, 1.54) is 16.7 Å². The molecule has 3 aromatic rings. The van der Waals surface area contributed by atoms with Crippen LogP contribution in [0.1, 0.15) is 27.9 Å². The van der Waals surface area contributed by atoms with E-state index in [-0.39, 0.29) is 5.56 Å². The summed E-state index contributed by atoms with van der Waals surface area (Å²) < 4.78 is 1.82. The van der Waals surface area contributed by atoms with Gasteiger partial charge in [0.2, 0.25) is 5.95 Å². The average Bonchev–Trinajstić information content (AvgIpc) is 2.73. The summed E-state index contributed by atoms with van der Waals surface area (Å²) >= 11 is 0. The number of hydrogen-bond acceptors (Lipinski definition) is 4. The molecule has 0 atom stereocenters. The van der Waals surface area contributed by atoms with Crippen molar-refractivity contribution in [1.82, 2.24) is 14.5 Å². The first kappa shape index (κ1) is 19.4. The normalized spacial score (nSPS) is 14.1. The van der Waals surface area contributed by atoms with Gasteiger partial charge in [0.15, 0.2) is 0 Å². The van der Waals surface area contributed by atoms with Gasteiger partial charge in [0.25, 0.3) is 5.56 Å². The number of anilines is 2. The van der Waals surface area contributed by atoms with Gasteiger partial charge in [-0.15, -0.1) is 0 Å². The maximum atomic E-state index is 13.1. The summed E-state index contributed by atoms with van der Waals surface area (Å²) in [7, 11) is 0. The third kappa shape index (κ3) is 3.70. The van der Waals surface area contributed by atoms with Crippen molar-refractivity contribution >= 4 is 11.6 Å². The van der Waals surface area contributed by atoms with Gasteiger partial charge in [-0.05, 0) is 56.9 Å². The first-order valence-electron chi connectivity index (χ1n) is 10.1. The van der Waals surface area contributed by atoms with E-state index in [0.717, 1.165) is 35.9 Å². The zero-order chi connectivity index (χ0) is 20.5. The third-order valence-corrected chi connectivity index (χ3v) is 5.97. The lowest BCUT2D eigenvalue weighted by molar-refractivity contribution is 0.200. The standard InChI is InChI=1S/C24H28N4O/c1-17-9-8-12-22(18(17)2)27-15-26(14-13-21-10-6-5-7-11-21)16-28-23(29)19(3)20(4)25-24(27)28/h5-12H,13-16H2,1-4H3. The molecular formula is C24H28N4O. The molecule has 5 heteroatoms. The van der Waals surface area contributed by atoms with Gasteiger partial charge in [-0.2, -0.15) is 0 Å². The quantitative estimate of drug-likeness (QED) is 0.675. The van der Waals surface area contributed by atoms with E-state index < -0.39 is 0 Å². The topological polar surface area (TPSA) is 41.4 Å².